The van der Waals surface area contributed by atoms with Gasteiger partial charge in [0.25, 0.3) is 0 Å². The van der Waals surface area contributed by atoms with E-state index in [4.69, 9.17) is 22.6 Å². The average Bonchev–Trinajstić information content (AvgIpc) is 2.28. The Morgan fingerprint density at radius 2 is 2.31 bits per heavy atom. The number of benzene rings is 1. The van der Waals surface area contributed by atoms with Crippen molar-refractivity contribution >= 4 is 17.3 Å². The second-order valence-corrected chi connectivity index (χ2v) is 4.50. The van der Waals surface area contributed by atoms with Crippen molar-refractivity contribution in [2.45, 2.75) is 18.9 Å². The molecule has 16 heavy (non-hydrogen) atoms. The lowest BCUT2D eigenvalue weighted by Crippen LogP contribution is -2.43. The van der Waals surface area contributed by atoms with Crippen LogP contribution in [0.1, 0.15) is 18.4 Å². The number of piperidine rings is 1. The quantitative estimate of drug-likeness (QED) is 0.812. The predicted octanol–water partition coefficient (Wildman–Crippen LogP) is 2.14. The summed E-state index contributed by atoms with van der Waals surface area (Å²) in [5.74, 6) is 0. The highest BCUT2D eigenvalue weighted by molar-refractivity contribution is 6.32. The molecule has 84 valence electrons. The molecule has 1 heterocycles. The molecule has 2 rings (SSSR count). The van der Waals surface area contributed by atoms with Crippen LogP contribution < -0.4 is 10.6 Å². The number of halogens is 1. The Hall–Kier alpha value is -1.24. The van der Waals surface area contributed by atoms with Crippen molar-refractivity contribution in [3.63, 3.8) is 0 Å². The Morgan fingerprint density at radius 3 is 3.00 bits per heavy atom. The van der Waals surface area contributed by atoms with E-state index in [0.717, 1.165) is 31.6 Å². The molecule has 1 aromatic carbocycles. The van der Waals surface area contributed by atoms with E-state index in [1.807, 2.05) is 12.1 Å². The van der Waals surface area contributed by atoms with Crippen molar-refractivity contribution in [2.75, 3.05) is 18.0 Å². The first-order valence-corrected chi connectivity index (χ1v) is 5.79. The lowest BCUT2D eigenvalue weighted by Gasteiger charge is -2.33. The third-order valence-corrected chi connectivity index (χ3v) is 3.22. The molecule has 1 saturated heterocycles. The summed E-state index contributed by atoms with van der Waals surface area (Å²) in [4.78, 5) is 2.15. The van der Waals surface area contributed by atoms with Crippen LogP contribution in [0.4, 0.5) is 5.69 Å². The van der Waals surface area contributed by atoms with Gasteiger partial charge in [-0.1, -0.05) is 17.7 Å². The predicted molar refractivity (Wildman–Crippen MR) is 65.6 cm³/mol. The average molecular weight is 236 g/mol. The summed E-state index contributed by atoms with van der Waals surface area (Å²) in [5.41, 5.74) is 7.40. The number of anilines is 1. The van der Waals surface area contributed by atoms with Gasteiger partial charge >= 0.3 is 0 Å². The van der Waals surface area contributed by atoms with Gasteiger partial charge in [-0.25, -0.2) is 0 Å². The molecule has 0 unspecified atom stereocenters. The normalized spacial score (nSPS) is 20.6. The van der Waals surface area contributed by atoms with Crippen LogP contribution in [0.2, 0.25) is 5.02 Å². The van der Waals surface area contributed by atoms with Gasteiger partial charge in [-0.3, -0.25) is 0 Å². The molecule has 0 radical (unpaired) electrons. The standard InChI is InChI=1S/C12H14ClN3/c13-11-4-1-5-12(10(11)7-14)16-6-2-3-9(15)8-16/h1,4-5,9H,2-3,6,8,15H2/t9-/m1/s1. The number of hydrogen-bond donors (Lipinski definition) is 1. The number of rotatable bonds is 1. The third kappa shape index (κ3) is 2.13. The monoisotopic (exact) mass is 235 g/mol. The summed E-state index contributed by atoms with van der Waals surface area (Å²) in [6.45, 7) is 1.75. The summed E-state index contributed by atoms with van der Waals surface area (Å²) in [5, 5.41) is 9.62. The van der Waals surface area contributed by atoms with Gasteiger partial charge in [0.2, 0.25) is 0 Å². The van der Waals surface area contributed by atoms with Crippen LogP contribution in [0.25, 0.3) is 0 Å². The summed E-state index contributed by atoms with van der Waals surface area (Å²) in [6.07, 6.45) is 2.12. The molecule has 3 nitrogen and oxygen atoms in total. The van der Waals surface area contributed by atoms with Gasteiger partial charge in [-0.15, -0.1) is 0 Å². The lowest BCUT2D eigenvalue weighted by atomic mass is 10.0. The Kier molecular flexibility index (Phi) is 3.33. The van der Waals surface area contributed by atoms with Crippen LogP contribution in [-0.2, 0) is 0 Å². The van der Waals surface area contributed by atoms with Crippen LogP contribution in [0.15, 0.2) is 18.2 Å². The van der Waals surface area contributed by atoms with Gasteiger partial charge in [0, 0.05) is 19.1 Å². The Balaban J connectivity index is 2.33. The summed E-state index contributed by atoms with van der Waals surface area (Å²) >= 11 is 6.00. The summed E-state index contributed by atoms with van der Waals surface area (Å²) in [7, 11) is 0. The first-order valence-electron chi connectivity index (χ1n) is 5.41. The maximum Gasteiger partial charge on any atom is 0.103 e. The zero-order valence-corrected chi connectivity index (χ0v) is 9.74. The molecule has 1 aliphatic rings. The molecule has 0 aliphatic carbocycles. The van der Waals surface area contributed by atoms with Crippen molar-refractivity contribution in [1.29, 1.82) is 5.26 Å². The molecule has 1 fully saturated rings. The molecule has 1 aliphatic heterocycles. The highest BCUT2D eigenvalue weighted by atomic mass is 35.5. The molecule has 0 amide bonds. The number of nitrogens with zero attached hydrogens (tertiary/aromatic N) is 2. The number of hydrogen-bond acceptors (Lipinski definition) is 3. The highest BCUT2D eigenvalue weighted by Gasteiger charge is 2.20. The van der Waals surface area contributed by atoms with E-state index >= 15 is 0 Å². The smallest absolute Gasteiger partial charge is 0.103 e. The Bertz CT molecular complexity index is 425. The van der Waals surface area contributed by atoms with Gasteiger partial charge in [0.05, 0.1) is 16.3 Å². The minimum Gasteiger partial charge on any atom is -0.369 e. The number of nitriles is 1. The van der Waals surface area contributed by atoms with Gasteiger partial charge in [-0.05, 0) is 25.0 Å². The first kappa shape index (κ1) is 11.3. The zero-order chi connectivity index (χ0) is 11.5. The topological polar surface area (TPSA) is 53.0 Å². The Morgan fingerprint density at radius 1 is 1.50 bits per heavy atom. The van der Waals surface area contributed by atoms with Gasteiger partial charge < -0.3 is 10.6 Å². The summed E-state index contributed by atoms with van der Waals surface area (Å²) < 4.78 is 0. The molecule has 0 saturated carbocycles. The van der Waals surface area contributed by atoms with Crippen LogP contribution in [0, 0.1) is 11.3 Å². The van der Waals surface area contributed by atoms with E-state index in [9.17, 15) is 0 Å². The van der Waals surface area contributed by atoms with E-state index in [1.54, 1.807) is 6.07 Å². The number of nitrogens with two attached hydrogens (primary N) is 1. The van der Waals surface area contributed by atoms with Gasteiger partial charge in [0.15, 0.2) is 0 Å². The van der Waals surface area contributed by atoms with Gasteiger partial charge in [-0.2, -0.15) is 5.26 Å². The molecule has 2 N–H and O–H groups in total. The molecule has 4 heteroatoms. The van der Waals surface area contributed by atoms with Crippen LogP contribution in [-0.4, -0.2) is 19.1 Å². The fourth-order valence-electron chi connectivity index (χ4n) is 2.12. The van der Waals surface area contributed by atoms with E-state index in [1.165, 1.54) is 0 Å². The molecule has 0 bridgehead atoms. The minimum absolute atomic E-state index is 0.194. The maximum absolute atomic E-state index is 9.10. The highest BCUT2D eigenvalue weighted by Crippen LogP contribution is 2.28. The Labute approximate surface area is 100 Å². The van der Waals surface area contributed by atoms with E-state index < -0.39 is 0 Å². The fourth-order valence-corrected chi connectivity index (χ4v) is 2.33. The molecular formula is C12H14ClN3. The maximum atomic E-state index is 9.10. The minimum atomic E-state index is 0.194. The van der Waals surface area contributed by atoms with E-state index in [2.05, 4.69) is 11.0 Å². The van der Waals surface area contributed by atoms with Crippen molar-refractivity contribution in [1.82, 2.24) is 0 Å². The largest absolute Gasteiger partial charge is 0.369 e. The fraction of sp³-hybridized carbons (Fsp3) is 0.417. The molecule has 0 spiro atoms. The molecular weight excluding hydrogens is 222 g/mol. The van der Waals surface area contributed by atoms with Crippen LogP contribution in [0.5, 0.6) is 0 Å². The second-order valence-electron chi connectivity index (χ2n) is 4.09. The first-order chi connectivity index (χ1) is 7.72. The summed E-state index contributed by atoms with van der Waals surface area (Å²) in [6, 6.07) is 7.91. The van der Waals surface area contributed by atoms with Crippen molar-refractivity contribution < 1.29 is 0 Å². The van der Waals surface area contributed by atoms with Crippen LogP contribution >= 0.6 is 11.6 Å². The van der Waals surface area contributed by atoms with E-state index in [0.29, 0.717) is 10.6 Å². The zero-order valence-electron chi connectivity index (χ0n) is 8.99. The van der Waals surface area contributed by atoms with Crippen LogP contribution in [0.3, 0.4) is 0 Å². The second kappa shape index (κ2) is 4.73. The van der Waals surface area contributed by atoms with Crippen molar-refractivity contribution in [3.05, 3.63) is 28.8 Å². The van der Waals surface area contributed by atoms with Gasteiger partial charge in [0.1, 0.15) is 6.07 Å². The third-order valence-electron chi connectivity index (χ3n) is 2.90. The molecule has 1 atom stereocenters. The lowest BCUT2D eigenvalue weighted by molar-refractivity contribution is 0.506. The molecule has 0 aromatic heterocycles. The SMILES string of the molecule is N#Cc1c(Cl)cccc1N1CCC[C@@H](N)C1. The van der Waals surface area contributed by atoms with Crippen molar-refractivity contribution in [2.24, 2.45) is 5.73 Å². The molecule has 1 aromatic rings. The van der Waals surface area contributed by atoms with Crippen molar-refractivity contribution in [3.8, 4) is 6.07 Å². The van der Waals surface area contributed by atoms with E-state index in [-0.39, 0.29) is 6.04 Å².